The third-order valence-electron chi connectivity index (χ3n) is 2.75. The van der Waals surface area contributed by atoms with Crippen molar-refractivity contribution in [2.75, 3.05) is 6.54 Å². The predicted molar refractivity (Wildman–Crippen MR) is 60.3 cm³/mol. The van der Waals surface area contributed by atoms with Crippen LogP contribution in [0, 0.1) is 0 Å². The van der Waals surface area contributed by atoms with Crippen molar-refractivity contribution in [3.05, 3.63) is 0 Å². The maximum Gasteiger partial charge on any atom is 0.408 e. The van der Waals surface area contributed by atoms with Gasteiger partial charge in [0.05, 0.1) is 0 Å². The summed E-state index contributed by atoms with van der Waals surface area (Å²) < 4.78 is 0. The number of nitrogens with zero attached hydrogens (tertiary/aromatic N) is 1. The van der Waals surface area contributed by atoms with Gasteiger partial charge in [-0.1, -0.05) is 0 Å². The number of carboxylic acid groups (broad SMARTS) is 1. The van der Waals surface area contributed by atoms with E-state index in [0.29, 0.717) is 13.0 Å². The molecule has 92 valence electrons. The average Bonchev–Trinajstić information content (AvgIpc) is 2.29. The molecule has 1 saturated heterocycles. The van der Waals surface area contributed by atoms with Crippen molar-refractivity contribution in [3.8, 4) is 0 Å². The molecule has 16 heavy (non-hydrogen) atoms. The van der Waals surface area contributed by atoms with Gasteiger partial charge in [-0.15, -0.1) is 0 Å². The van der Waals surface area contributed by atoms with Crippen LogP contribution in [0.25, 0.3) is 0 Å². The second kappa shape index (κ2) is 4.72. The normalized spacial score (nSPS) is 22.2. The summed E-state index contributed by atoms with van der Waals surface area (Å²) in [5.74, 6) is -0.171. The Labute approximate surface area is 95.8 Å². The summed E-state index contributed by atoms with van der Waals surface area (Å²) in [5, 5.41) is 12.0. The Morgan fingerprint density at radius 3 is 2.56 bits per heavy atom. The fourth-order valence-electron chi connectivity index (χ4n) is 2.06. The van der Waals surface area contributed by atoms with Crippen LogP contribution in [-0.4, -0.2) is 40.1 Å². The first-order valence-electron chi connectivity index (χ1n) is 5.64. The van der Waals surface area contributed by atoms with Gasteiger partial charge in [-0.05, 0) is 40.0 Å². The van der Waals surface area contributed by atoms with Gasteiger partial charge >= 0.3 is 6.09 Å². The first kappa shape index (κ1) is 12.8. The Balaban J connectivity index is 2.92. The minimum absolute atomic E-state index is 0.171. The molecule has 1 rings (SSSR count). The Kier molecular flexibility index (Phi) is 3.78. The molecule has 1 fully saturated rings. The fourth-order valence-corrected chi connectivity index (χ4v) is 2.06. The lowest BCUT2D eigenvalue weighted by Crippen LogP contribution is -2.56. The van der Waals surface area contributed by atoms with Gasteiger partial charge in [0, 0.05) is 12.1 Å². The predicted octanol–water partition coefficient (Wildman–Crippen LogP) is 1.43. The summed E-state index contributed by atoms with van der Waals surface area (Å²) in [6.07, 6.45) is 1.37. The molecule has 0 aliphatic carbocycles. The molecule has 0 aromatic carbocycles. The lowest BCUT2D eigenvalue weighted by atomic mass is 10.0. The van der Waals surface area contributed by atoms with Gasteiger partial charge < -0.3 is 10.4 Å². The zero-order chi connectivity index (χ0) is 12.3. The van der Waals surface area contributed by atoms with Crippen LogP contribution in [0.3, 0.4) is 0 Å². The van der Waals surface area contributed by atoms with Crippen molar-refractivity contribution in [3.63, 3.8) is 0 Å². The van der Waals surface area contributed by atoms with Crippen LogP contribution in [0.1, 0.15) is 40.0 Å². The maximum atomic E-state index is 11.8. The molecule has 0 radical (unpaired) electrons. The summed E-state index contributed by atoms with van der Waals surface area (Å²) in [6.45, 7) is 6.06. The van der Waals surface area contributed by atoms with Crippen molar-refractivity contribution in [2.24, 2.45) is 0 Å². The quantitative estimate of drug-likeness (QED) is 0.713. The van der Waals surface area contributed by atoms with E-state index in [1.165, 1.54) is 4.90 Å². The summed E-state index contributed by atoms with van der Waals surface area (Å²) in [4.78, 5) is 24.3. The number of hydrogen-bond donors (Lipinski definition) is 2. The van der Waals surface area contributed by atoms with E-state index >= 15 is 0 Å². The van der Waals surface area contributed by atoms with Gasteiger partial charge in [-0.2, -0.15) is 0 Å². The highest BCUT2D eigenvalue weighted by Gasteiger charge is 2.37. The van der Waals surface area contributed by atoms with E-state index in [1.54, 1.807) is 20.8 Å². The highest BCUT2D eigenvalue weighted by Crippen LogP contribution is 2.22. The van der Waals surface area contributed by atoms with Crippen LogP contribution in [0.2, 0.25) is 0 Å². The van der Waals surface area contributed by atoms with E-state index in [1.807, 2.05) is 0 Å². The van der Waals surface area contributed by atoms with E-state index < -0.39 is 17.7 Å². The average molecular weight is 228 g/mol. The molecule has 1 aliphatic heterocycles. The fraction of sp³-hybridized carbons (Fsp3) is 0.818. The maximum absolute atomic E-state index is 11.8. The number of nitrogens with one attached hydrogen (secondary N) is 1. The molecule has 1 atom stereocenters. The number of rotatable bonds is 1. The smallest absolute Gasteiger partial charge is 0.408 e. The van der Waals surface area contributed by atoms with Crippen molar-refractivity contribution < 1.29 is 14.7 Å². The Morgan fingerprint density at radius 1 is 1.44 bits per heavy atom. The summed E-state index contributed by atoms with van der Waals surface area (Å²) in [6, 6.07) is -0.556. The Hall–Kier alpha value is -1.26. The molecule has 2 N–H and O–H groups in total. The van der Waals surface area contributed by atoms with Gasteiger partial charge in [-0.3, -0.25) is 9.69 Å². The number of carbonyl (C=O) groups excluding carboxylic acids is 1. The van der Waals surface area contributed by atoms with Crippen LogP contribution in [0.5, 0.6) is 0 Å². The van der Waals surface area contributed by atoms with Crippen LogP contribution < -0.4 is 5.32 Å². The van der Waals surface area contributed by atoms with E-state index in [9.17, 15) is 14.7 Å². The van der Waals surface area contributed by atoms with E-state index in [0.717, 1.165) is 12.8 Å². The molecule has 0 aromatic rings. The summed E-state index contributed by atoms with van der Waals surface area (Å²) >= 11 is 0. The van der Waals surface area contributed by atoms with Crippen LogP contribution in [-0.2, 0) is 4.79 Å². The molecular weight excluding hydrogens is 208 g/mol. The number of amides is 2. The summed E-state index contributed by atoms with van der Waals surface area (Å²) in [5.41, 5.74) is -0.557. The van der Waals surface area contributed by atoms with Gasteiger partial charge in [0.15, 0.2) is 0 Å². The van der Waals surface area contributed by atoms with Gasteiger partial charge in [-0.25, -0.2) is 4.79 Å². The molecule has 0 saturated carbocycles. The van der Waals surface area contributed by atoms with Crippen LogP contribution >= 0.6 is 0 Å². The molecule has 5 nitrogen and oxygen atoms in total. The largest absolute Gasteiger partial charge is 0.465 e. The highest BCUT2D eigenvalue weighted by molar-refractivity contribution is 5.85. The van der Waals surface area contributed by atoms with E-state index in [2.05, 4.69) is 5.32 Å². The molecule has 0 bridgehead atoms. The van der Waals surface area contributed by atoms with Gasteiger partial charge in [0.2, 0.25) is 5.91 Å². The molecule has 0 aromatic heterocycles. The lowest BCUT2D eigenvalue weighted by Gasteiger charge is -2.38. The molecule has 1 heterocycles. The Bertz CT molecular complexity index is 283. The SMILES string of the molecule is CC(C)(C)N(C(=O)O)C1CCCCNC1=O. The first-order valence-corrected chi connectivity index (χ1v) is 5.64. The zero-order valence-corrected chi connectivity index (χ0v) is 10.1. The van der Waals surface area contributed by atoms with Crippen molar-refractivity contribution >= 4 is 12.0 Å². The standard InChI is InChI=1S/C11H20N2O3/c1-11(2,3)13(10(15)16)8-6-4-5-7-12-9(8)14/h8H,4-7H2,1-3H3,(H,12,14)(H,15,16). The van der Waals surface area contributed by atoms with Crippen molar-refractivity contribution in [1.82, 2.24) is 10.2 Å². The minimum atomic E-state index is -1.03. The molecule has 5 heteroatoms. The molecule has 1 aliphatic rings. The molecular formula is C11H20N2O3. The first-order chi connectivity index (χ1) is 7.34. The Morgan fingerprint density at radius 2 is 2.06 bits per heavy atom. The van der Waals surface area contributed by atoms with Crippen molar-refractivity contribution in [2.45, 2.75) is 51.6 Å². The van der Waals surface area contributed by atoms with Crippen LogP contribution in [0.15, 0.2) is 0 Å². The minimum Gasteiger partial charge on any atom is -0.465 e. The summed E-state index contributed by atoms with van der Waals surface area (Å²) in [7, 11) is 0. The van der Waals surface area contributed by atoms with Gasteiger partial charge in [0.25, 0.3) is 0 Å². The van der Waals surface area contributed by atoms with Crippen molar-refractivity contribution in [1.29, 1.82) is 0 Å². The zero-order valence-electron chi connectivity index (χ0n) is 10.1. The van der Waals surface area contributed by atoms with Crippen LogP contribution in [0.4, 0.5) is 4.79 Å². The van der Waals surface area contributed by atoms with E-state index in [4.69, 9.17) is 0 Å². The lowest BCUT2D eigenvalue weighted by molar-refractivity contribution is -0.127. The molecule has 0 spiro atoms. The molecule has 2 amide bonds. The monoisotopic (exact) mass is 228 g/mol. The number of carbonyl (C=O) groups is 2. The second-order valence-electron chi connectivity index (χ2n) is 5.13. The number of hydrogen-bond acceptors (Lipinski definition) is 2. The third-order valence-corrected chi connectivity index (χ3v) is 2.75. The highest BCUT2D eigenvalue weighted by atomic mass is 16.4. The van der Waals surface area contributed by atoms with Gasteiger partial charge in [0.1, 0.15) is 6.04 Å². The topological polar surface area (TPSA) is 69.6 Å². The van der Waals surface area contributed by atoms with E-state index in [-0.39, 0.29) is 5.91 Å². The molecule has 1 unspecified atom stereocenters. The third kappa shape index (κ3) is 2.87. The second-order valence-corrected chi connectivity index (χ2v) is 5.13.